The summed E-state index contributed by atoms with van der Waals surface area (Å²) in [5, 5.41) is 2.95. The lowest BCUT2D eigenvalue weighted by Crippen LogP contribution is -2.14. The number of para-hydroxylation sites is 2. The second kappa shape index (κ2) is 13.3. The minimum Gasteiger partial charge on any atom is -0.279 e. The number of hydrogen-bond donors (Lipinski definition) is 0. The standard InChI is InChI=1S/C48H32N6/c1-4-14-33(15-5-1)35-24-28-38(29-25-35)53(39-30-26-36(27-31-39)34-16-6-2-7-17-34)47-49-32-42-40-20-11-13-23-44(40)54(46(42)52-47)48-50-43-22-12-10-21-41(43)45(51-48)37-18-8-3-9-19-37/h1-32H. The highest BCUT2D eigenvalue weighted by Gasteiger charge is 2.22. The maximum Gasteiger partial charge on any atom is 0.237 e. The van der Waals surface area contributed by atoms with Gasteiger partial charge in [-0.15, -0.1) is 0 Å². The van der Waals surface area contributed by atoms with Crippen LogP contribution < -0.4 is 4.90 Å². The first-order valence-corrected chi connectivity index (χ1v) is 18.0. The van der Waals surface area contributed by atoms with E-state index in [9.17, 15) is 0 Å². The molecule has 0 fully saturated rings. The predicted octanol–water partition coefficient (Wildman–Crippen LogP) is 12.0. The van der Waals surface area contributed by atoms with Crippen molar-refractivity contribution in [3.05, 3.63) is 194 Å². The van der Waals surface area contributed by atoms with Crippen molar-refractivity contribution in [2.75, 3.05) is 4.90 Å². The van der Waals surface area contributed by atoms with Crippen LogP contribution >= 0.6 is 0 Å². The van der Waals surface area contributed by atoms with Crippen molar-refractivity contribution < 1.29 is 0 Å². The molecule has 10 aromatic rings. The molecule has 0 N–H and O–H groups in total. The van der Waals surface area contributed by atoms with Crippen LogP contribution in [-0.2, 0) is 0 Å². The Labute approximate surface area is 312 Å². The topological polar surface area (TPSA) is 59.7 Å². The highest BCUT2D eigenvalue weighted by Crippen LogP contribution is 2.38. The van der Waals surface area contributed by atoms with Crippen LogP contribution in [-0.4, -0.2) is 24.5 Å². The fourth-order valence-corrected chi connectivity index (χ4v) is 7.27. The summed E-state index contributed by atoms with van der Waals surface area (Å²) in [4.78, 5) is 23.0. The Morgan fingerprint density at radius 2 is 0.889 bits per heavy atom. The molecular formula is C48H32N6. The monoisotopic (exact) mass is 692 g/mol. The molecule has 0 aliphatic carbocycles. The van der Waals surface area contributed by atoms with Crippen LogP contribution in [0.3, 0.4) is 0 Å². The third-order valence-electron chi connectivity index (χ3n) is 9.91. The number of nitrogens with zero attached hydrogens (tertiary/aromatic N) is 6. The minimum atomic E-state index is 0.538. The maximum atomic E-state index is 5.38. The molecule has 6 heteroatoms. The molecule has 0 spiro atoms. The predicted molar refractivity (Wildman–Crippen MR) is 220 cm³/mol. The van der Waals surface area contributed by atoms with E-state index in [1.807, 2.05) is 66.9 Å². The quantitative estimate of drug-likeness (QED) is 0.166. The van der Waals surface area contributed by atoms with Crippen LogP contribution in [0, 0.1) is 0 Å². The molecule has 3 aromatic heterocycles. The van der Waals surface area contributed by atoms with E-state index in [0.29, 0.717) is 11.9 Å². The van der Waals surface area contributed by atoms with Gasteiger partial charge in [-0.05, 0) is 58.7 Å². The molecule has 0 atom stereocenters. The molecule has 54 heavy (non-hydrogen) atoms. The van der Waals surface area contributed by atoms with Crippen molar-refractivity contribution in [1.29, 1.82) is 0 Å². The maximum absolute atomic E-state index is 5.38. The molecule has 6 nitrogen and oxygen atoms in total. The number of benzene rings is 7. The van der Waals surface area contributed by atoms with E-state index in [2.05, 4.69) is 137 Å². The molecular weight excluding hydrogens is 661 g/mol. The van der Waals surface area contributed by atoms with Gasteiger partial charge in [-0.3, -0.25) is 9.47 Å². The van der Waals surface area contributed by atoms with Crippen molar-refractivity contribution in [2.45, 2.75) is 0 Å². The number of aromatic nitrogens is 5. The molecule has 254 valence electrons. The fraction of sp³-hybridized carbons (Fsp3) is 0. The first-order chi connectivity index (χ1) is 26.8. The summed E-state index contributed by atoms with van der Waals surface area (Å²) < 4.78 is 2.07. The molecule has 0 saturated carbocycles. The molecule has 0 radical (unpaired) electrons. The van der Waals surface area contributed by atoms with E-state index < -0.39 is 0 Å². The van der Waals surface area contributed by atoms with Gasteiger partial charge in [-0.1, -0.05) is 152 Å². The molecule has 0 aliphatic rings. The number of anilines is 3. The SMILES string of the molecule is c1ccc(-c2ccc(N(c3ccc(-c4ccccc4)cc3)c3ncc4c5ccccc5n(-c5nc(-c6ccccc6)c6ccccc6n5)c4n3)cc2)cc1. The van der Waals surface area contributed by atoms with E-state index >= 15 is 0 Å². The molecule has 3 heterocycles. The Balaban J connectivity index is 1.18. The highest BCUT2D eigenvalue weighted by molar-refractivity contribution is 6.08. The molecule has 0 saturated heterocycles. The second-order valence-electron chi connectivity index (χ2n) is 13.2. The van der Waals surface area contributed by atoms with Crippen molar-refractivity contribution in [2.24, 2.45) is 0 Å². The average molecular weight is 693 g/mol. The molecule has 10 rings (SSSR count). The lowest BCUT2D eigenvalue weighted by molar-refractivity contribution is 0.987. The fourth-order valence-electron chi connectivity index (χ4n) is 7.27. The summed E-state index contributed by atoms with van der Waals surface area (Å²) in [5.41, 5.74) is 10.9. The smallest absolute Gasteiger partial charge is 0.237 e. The van der Waals surface area contributed by atoms with Crippen molar-refractivity contribution >= 4 is 50.2 Å². The van der Waals surface area contributed by atoms with Crippen LogP contribution in [0.2, 0.25) is 0 Å². The Bertz CT molecular complexity index is 2820. The van der Waals surface area contributed by atoms with Crippen molar-refractivity contribution in [3.8, 4) is 39.5 Å². The molecule has 0 unspecified atom stereocenters. The summed E-state index contributed by atoms with van der Waals surface area (Å²) >= 11 is 0. The molecule has 7 aromatic carbocycles. The van der Waals surface area contributed by atoms with Crippen LogP contribution in [0.25, 0.3) is 72.3 Å². The summed E-state index contributed by atoms with van der Waals surface area (Å²) in [6, 6.07) is 64.7. The summed E-state index contributed by atoms with van der Waals surface area (Å²) in [5.74, 6) is 1.09. The van der Waals surface area contributed by atoms with Gasteiger partial charge in [0.2, 0.25) is 11.9 Å². The van der Waals surface area contributed by atoms with Gasteiger partial charge >= 0.3 is 0 Å². The van der Waals surface area contributed by atoms with E-state index in [4.69, 9.17) is 19.9 Å². The number of fused-ring (bicyclic) bond motifs is 4. The van der Waals surface area contributed by atoms with E-state index in [1.165, 1.54) is 0 Å². The number of hydrogen-bond acceptors (Lipinski definition) is 5. The van der Waals surface area contributed by atoms with Crippen LogP contribution in [0.5, 0.6) is 0 Å². The lowest BCUT2D eigenvalue weighted by atomic mass is 10.0. The Hall–Kier alpha value is -7.44. The minimum absolute atomic E-state index is 0.538. The zero-order valence-corrected chi connectivity index (χ0v) is 29.2. The van der Waals surface area contributed by atoms with Crippen LogP contribution in [0.1, 0.15) is 0 Å². The van der Waals surface area contributed by atoms with Gasteiger partial charge in [0.15, 0.2) is 5.65 Å². The van der Waals surface area contributed by atoms with Gasteiger partial charge < -0.3 is 0 Å². The first-order valence-electron chi connectivity index (χ1n) is 18.0. The molecule has 0 amide bonds. The van der Waals surface area contributed by atoms with E-state index in [-0.39, 0.29) is 0 Å². The highest BCUT2D eigenvalue weighted by atomic mass is 15.3. The summed E-state index contributed by atoms with van der Waals surface area (Å²) in [7, 11) is 0. The molecule has 0 aliphatic heterocycles. The Kier molecular flexibility index (Phi) is 7.69. The zero-order chi connectivity index (χ0) is 35.8. The second-order valence-corrected chi connectivity index (χ2v) is 13.2. The largest absolute Gasteiger partial charge is 0.279 e. The van der Waals surface area contributed by atoms with Gasteiger partial charge in [0.25, 0.3) is 0 Å². The van der Waals surface area contributed by atoms with Crippen LogP contribution in [0.4, 0.5) is 17.3 Å². The van der Waals surface area contributed by atoms with Gasteiger partial charge in [0, 0.05) is 39.3 Å². The van der Waals surface area contributed by atoms with Crippen molar-refractivity contribution in [1.82, 2.24) is 24.5 Å². The zero-order valence-electron chi connectivity index (χ0n) is 29.2. The summed E-state index contributed by atoms with van der Waals surface area (Å²) in [6.07, 6.45) is 1.93. The summed E-state index contributed by atoms with van der Waals surface area (Å²) in [6.45, 7) is 0. The molecule has 0 bridgehead atoms. The Morgan fingerprint density at radius 3 is 1.50 bits per heavy atom. The van der Waals surface area contributed by atoms with Gasteiger partial charge in [-0.25, -0.2) is 15.0 Å². The third-order valence-corrected chi connectivity index (χ3v) is 9.91. The van der Waals surface area contributed by atoms with E-state index in [0.717, 1.165) is 77.7 Å². The lowest BCUT2D eigenvalue weighted by Gasteiger charge is -2.24. The van der Waals surface area contributed by atoms with Gasteiger partial charge in [-0.2, -0.15) is 4.98 Å². The van der Waals surface area contributed by atoms with Crippen molar-refractivity contribution in [3.63, 3.8) is 0 Å². The average Bonchev–Trinajstić information content (AvgIpc) is 3.58. The normalized spacial score (nSPS) is 11.3. The van der Waals surface area contributed by atoms with Gasteiger partial charge in [0.05, 0.1) is 16.7 Å². The van der Waals surface area contributed by atoms with Crippen LogP contribution in [0.15, 0.2) is 194 Å². The Morgan fingerprint density at radius 1 is 0.389 bits per heavy atom. The van der Waals surface area contributed by atoms with Gasteiger partial charge in [0.1, 0.15) is 0 Å². The third kappa shape index (κ3) is 5.54. The first kappa shape index (κ1) is 31.3. The number of rotatable bonds is 7. The van der Waals surface area contributed by atoms with E-state index in [1.54, 1.807) is 0 Å².